The fourth-order valence-corrected chi connectivity index (χ4v) is 15.7. The number of hydrogen-bond acceptors (Lipinski definition) is 3. The highest BCUT2D eigenvalue weighted by molar-refractivity contribution is 6.21. The van der Waals surface area contributed by atoms with Crippen molar-refractivity contribution in [3.05, 3.63) is 232 Å². The highest BCUT2D eigenvalue weighted by atomic mass is 16.3. The number of hydrogen-bond donors (Lipinski definition) is 0. The summed E-state index contributed by atoms with van der Waals surface area (Å²) >= 11 is 0. The molecule has 0 aliphatic heterocycles. The molecule has 79 heavy (non-hydrogen) atoms. The summed E-state index contributed by atoms with van der Waals surface area (Å²) in [5.41, 5.74) is 30.9. The van der Waals surface area contributed by atoms with Crippen molar-refractivity contribution in [3.63, 3.8) is 0 Å². The number of fused-ring (bicyclic) bond motifs is 22. The van der Waals surface area contributed by atoms with Gasteiger partial charge in [0, 0.05) is 71.4 Å². The summed E-state index contributed by atoms with van der Waals surface area (Å²) in [5, 5.41) is 4.75. The Morgan fingerprint density at radius 2 is 0.823 bits per heavy atom. The maximum atomic E-state index is 7.11. The Morgan fingerprint density at radius 3 is 1.51 bits per heavy atom. The summed E-state index contributed by atoms with van der Waals surface area (Å²) < 4.78 is 14.2. The molecular formula is C76H63NO2. The summed E-state index contributed by atoms with van der Waals surface area (Å²) in [6.07, 6.45) is 0. The standard InChI is InChI=1S/C76H63NO2/c1-72(2,3)55-28-18-19-29-60(55)77(44-34-37-49-58(40-44)76(10,11)69-67(49)71-66(51-25-15-21-31-62(51)79-71)64-47-23-13-17-27-54(47)75(8,9)68(64)69)43-33-36-48-57(39-43)74(6,7)59-41-52(70-65(63(48)59)50-24-14-20-30-61(50)78-70)42-32-35-46-45-22-12-16-26-53(45)73(4,5)56(46)38-42/h12-41H,1-11H3. The quantitative estimate of drug-likeness (QED) is 0.176. The van der Waals surface area contributed by atoms with Gasteiger partial charge in [0.25, 0.3) is 0 Å². The molecule has 0 N–H and O–H groups in total. The van der Waals surface area contributed by atoms with E-state index in [1.807, 2.05) is 0 Å². The molecule has 384 valence electrons. The van der Waals surface area contributed by atoms with E-state index in [9.17, 15) is 0 Å². The van der Waals surface area contributed by atoms with E-state index in [0.29, 0.717) is 0 Å². The van der Waals surface area contributed by atoms with Crippen LogP contribution >= 0.6 is 0 Å². The van der Waals surface area contributed by atoms with Crippen LogP contribution in [0.25, 0.3) is 99.5 Å². The van der Waals surface area contributed by atoms with Gasteiger partial charge in [-0.25, -0.2) is 0 Å². The van der Waals surface area contributed by atoms with Crippen molar-refractivity contribution in [3.8, 4) is 55.6 Å². The minimum absolute atomic E-state index is 0.127. The summed E-state index contributed by atoms with van der Waals surface area (Å²) in [6.45, 7) is 26.4. The van der Waals surface area contributed by atoms with Crippen LogP contribution in [0.4, 0.5) is 17.1 Å². The molecule has 3 nitrogen and oxygen atoms in total. The first-order valence-electron chi connectivity index (χ1n) is 28.4. The van der Waals surface area contributed by atoms with Crippen LogP contribution in [-0.2, 0) is 27.1 Å². The normalized spacial score (nSPS) is 16.2. The molecule has 3 heteroatoms. The zero-order chi connectivity index (χ0) is 54.0. The minimum atomic E-state index is -0.358. The molecular weight excluding hydrogens is 959 g/mol. The SMILES string of the molecule is CC(C)(C)c1ccccc1N(c1ccc2c(c1)C(C)(C)c1cc(-c3ccc4c(c3)C(C)(C)c3ccccc3-4)c3oc4ccccc4c3c1-2)c1ccc2c(c1)C(C)(C)c1c3c(c4c(oc5ccccc54)c1-2)-c1ccccc1C3(C)C. The van der Waals surface area contributed by atoms with Crippen molar-refractivity contribution in [2.75, 3.05) is 4.90 Å². The molecule has 0 saturated heterocycles. The third kappa shape index (κ3) is 5.93. The van der Waals surface area contributed by atoms with E-state index >= 15 is 0 Å². The topological polar surface area (TPSA) is 29.5 Å². The minimum Gasteiger partial charge on any atom is -0.455 e. The molecule has 0 fully saturated rings. The number of para-hydroxylation sites is 3. The van der Waals surface area contributed by atoms with Crippen LogP contribution in [0.3, 0.4) is 0 Å². The average molecular weight is 1020 g/mol. The Kier molecular flexibility index (Phi) is 9.00. The number of furan rings is 2. The molecule has 4 aliphatic carbocycles. The van der Waals surface area contributed by atoms with Crippen molar-refractivity contribution in [2.45, 2.75) is 103 Å². The molecule has 2 aromatic heterocycles. The lowest BCUT2D eigenvalue weighted by Gasteiger charge is -2.34. The first kappa shape index (κ1) is 46.7. The Labute approximate surface area is 463 Å². The van der Waals surface area contributed by atoms with E-state index in [-0.39, 0.29) is 27.1 Å². The molecule has 0 spiro atoms. The van der Waals surface area contributed by atoms with Crippen molar-refractivity contribution in [2.24, 2.45) is 0 Å². The monoisotopic (exact) mass is 1020 g/mol. The molecule has 12 aromatic rings. The largest absolute Gasteiger partial charge is 0.455 e. The average Bonchev–Trinajstić information content (AvgIpc) is 2.66. The van der Waals surface area contributed by atoms with Gasteiger partial charge in [-0.3, -0.25) is 0 Å². The van der Waals surface area contributed by atoms with Crippen LogP contribution < -0.4 is 4.90 Å². The summed E-state index contributed by atoms with van der Waals surface area (Å²) in [4.78, 5) is 2.55. The Morgan fingerprint density at radius 1 is 0.354 bits per heavy atom. The van der Waals surface area contributed by atoms with Gasteiger partial charge in [0.2, 0.25) is 0 Å². The molecule has 4 aliphatic rings. The molecule has 0 unspecified atom stereocenters. The van der Waals surface area contributed by atoms with Crippen LogP contribution in [0.5, 0.6) is 0 Å². The third-order valence-corrected chi connectivity index (χ3v) is 19.5. The summed E-state index contributed by atoms with van der Waals surface area (Å²) in [5.74, 6) is 0. The molecule has 0 radical (unpaired) electrons. The van der Waals surface area contributed by atoms with Crippen molar-refractivity contribution < 1.29 is 8.83 Å². The first-order valence-corrected chi connectivity index (χ1v) is 28.4. The fourth-order valence-electron chi connectivity index (χ4n) is 15.7. The van der Waals surface area contributed by atoms with Gasteiger partial charge in [-0.15, -0.1) is 0 Å². The van der Waals surface area contributed by atoms with Crippen LogP contribution in [0.2, 0.25) is 0 Å². The van der Waals surface area contributed by atoms with E-state index < -0.39 is 0 Å². The second-order valence-electron chi connectivity index (χ2n) is 26.4. The lowest BCUT2D eigenvalue weighted by atomic mass is 9.72. The zero-order valence-electron chi connectivity index (χ0n) is 47.1. The van der Waals surface area contributed by atoms with E-state index in [2.05, 4.69) is 263 Å². The zero-order valence-corrected chi connectivity index (χ0v) is 47.1. The predicted octanol–water partition coefficient (Wildman–Crippen LogP) is 21.1. The third-order valence-electron chi connectivity index (χ3n) is 19.5. The number of nitrogens with zero attached hydrogens (tertiary/aromatic N) is 1. The van der Waals surface area contributed by atoms with Crippen LogP contribution in [0, 0.1) is 0 Å². The van der Waals surface area contributed by atoms with Crippen LogP contribution in [0.1, 0.15) is 126 Å². The van der Waals surface area contributed by atoms with Gasteiger partial charge in [-0.05, 0) is 155 Å². The lowest BCUT2D eigenvalue weighted by Crippen LogP contribution is -2.24. The van der Waals surface area contributed by atoms with Gasteiger partial charge in [0.15, 0.2) is 0 Å². The molecule has 10 aromatic carbocycles. The maximum absolute atomic E-state index is 7.11. The van der Waals surface area contributed by atoms with Gasteiger partial charge in [0.05, 0.1) is 0 Å². The van der Waals surface area contributed by atoms with E-state index in [1.165, 1.54) is 122 Å². The van der Waals surface area contributed by atoms with Gasteiger partial charge >= 0.3 is 0 Å². The van der Waals surface area contributed by atoms with Crippen molar-refractivity contribution >= 4 is 60.9 Å². The van der Waals surface area contributed by atoms with Crippen molar-refractivity contribution in [1.29, 1.82) is 0 Å². The number of anilines is 3. The second-order valence-corrected chi connectivity index (χ2v) is 26.4. The van der Waals surface area contributed by atoms with E-state index in [0.717, 1.165) is 44.7 Å². The van der Waals surface area contributed by atoms with Gasteiger partial charge < -0.3 is 13.7 Å². The van der Waals surface area contributed by atoms with Gasteiger partial charge in [-0.1, -0.05) is 204 Å². The molecule has 0 saturated carbocycles. The van der Waals surface area contributed by atoms with Crippen molar-refractivity contribution in [1.82, 2.24) is 0 Å². The predicted molar refractivity (Wildman–Crippen MR) is 330 cm³/mol. The number of benzene rings is 10. The molecule has 0 amide bonds. The Hall–Kier alpha value is -8.40. The van der Waals surface area contributed by atoms with E-state index in [4.69, 9.17) is 8.83 Å². The van der Waals surface area contributed by atoms with Crippen LogP contribution in [0.15, 0.2) is 191 Å². The highest BCUT2D eigenvalue weighted by Gasteiger charge is 2.49. The van der Waals surface area contributed by atoms with E-state index in [1.54, 1.807) is 0 Å². The molecule has 2 heterocycles. The Bertz CT molecular complexity index is 4710. The molecule has 0 atom stereocenters. The van der Waals surface area contributed by atoms with Gasteiger partial charge in [0.1, 0.15) is 22.3 Å². The second kappa shape index (κ2) is 15.2. The number of rotatable bonds is 4. The fraction of sp³-hybridized carbons (Fsp3) is 0.211. The van der Waals surface area contributed by atoms with Gasteiger partial charge in [-0.2, -0.15) is 0 Å². The molecule has 0 bridgehead atoms. The first-order chi connectivity index (χ1) is 37.9. The molecule has 16 rings (SSSR count). The maximum Gasteiger partial charge on any atom is 0.144 e. The Balaban J connectivity index is 0.902. The summed E-state index contributed by atoms with van der Waals surface area (Å²) in [6, 6.07) is 68.5. The van der Waals surface area contributed by atoms with Crippen LogP contribution in [-0.4, -0.2) is 0 Å². The highest BCUT2D eigenvalue weighted by Crippen LogP contribution is 2.64. The lowest BCUT2D eigenvalue weighted by molar-refractivity contribution is 0.591. The smallest absolute Gasteiger partial charge is 0.144 e. The summed E-state index contributed by atoms with van der Waals surface area (Å²) in [7, 11) is 0.